The third-order valence-corrected chi connectivity index (χ3v) is 3.22. The van der Waals surface area contributed by atoms with Crippen molar-refractivity contribution < 1.29 is 4.39 Å². The van der Waals surface area contributed by atoms with Gasteiger partial charge in [0.15, 0.2) is 0 Å². The Hall–Kier alpha value is -1.15. The lowest BCUT2D eigenvalue weighted by molar-refractivity contribution is 0.456. The zero-order chi connectivity index (χ0) is 11.5. The molecule has 1 nitrogen and oxygen atoms in total. The highest BCUT2D eigenvalue weighted by Gasteiger charge is 2.25. The van der Waals surface area contributed by atoms with Gasteiger partial charge in [-0.3, -0.25) is 0 Å². The Balaban J connectivity index is 2.11. The average Bonchev–Trinajstić information content (AvgIpc) is 2.64. The van der Waals surface area contributed by atoms with Crippen molar-refractivity contribution in [1.82, 2.24) is 5.32 Å². The molecule has 0 aliphatic heterocycles. The van der Waals surface area contributed by atoms with Crippen LogP contribution in [0.5, 0.6) is 0 Å². The van der Waals surface area contributed by atoms with Gasteiger partial charge >= 0.3 is 0 Å². The van der Waals surface area contributed by atoms with Crippen LogP contribution >= 0.6 is 0 Å². The van der Waals surface area contributed by atoms with Gasteiger partial charge in [-0.2, -0.15) is 0 Å². The van der Waals surface area contributed by atoms with E-state index in [-0.39, 0.29) is 5.82 Å². The molecule has 2 rings (SSSR count). The number of rotatable bonds is 4. The average molecular weight is 219 g/mol. The fourth-order valence-electron chi connectivity index (χ4n) is 2.44. The highest BCUT2D eigenvalue weighted by molar-refractivity contribution is 5.35. The van der Waals surface area contributed by atoms with Crippen LogP contribution in [0.15, 0.2) is 30.9 Å². The van der Waals surface area contributed by atoms with Crippen LogP contribution in [0.1, 0.15) is 36.9 Å². The molecule has 2 unspecified atom stereocenters. The summed E-state index contributed by atoms with van der Waals surface area (Å²) in [6.07, 6.45) is 4.71. The lowest BCUT2D eigenvalue weighted by Crippen LogP contribution is -2.28. The zero-order valence-electron chi connectivity index (χ0n) is 9.67. The maximum atomic E-state index is 13.5. The largest absolute Gasteiger partial charge is 0.307 e. The summed E-state index contributed by atoms with van der Waals surface area (Å²) in [4.78, 5) is 0. The third-order valence-electron chi connectivity index (χ3n) is 3.22. The maximum absolute atomic E-state index is 13.5. The number of hydrogen-bond acceptors (Lipinski definition) is 1. The van der Waals surface area contributed by atoms with Gasteiger partial charge in [-0.15, -0.1) is 6.58 Å². The van der Waals surface area contributed by atoms with Gasteiger partial charge in [-0.1, -0.05) is 18.2 Å². The Morgan fingerprint density at radius 2 is 2.44 bits per heavy atom. The molecule has 0 aromatic heterocycles. The predicted octanol–water partition coefficient (Wildman–Crippen LogP) is 3.37. The smallest absolute Gasteiger partial charge is 0.126 e. The van der Waals surface area contributed by atoms with Crippen LogP contribution in [0.3, 0.4) is 0 Å². The molecule has 0 bridgehead atoms. The second-order valence-corrected chi connectivity index (χ2v) is 4.49. The molecule has 16 heavy (non-hydrogen) atoms. The van der Waals surface area contributed by atoms with E-state index in [0.29, 0.717) is 12.1 Å². The van der Waals surface area contributed by atoms with Crippen LogP contribution in [-0.4, -0.2) is 6.04 Å². The molecule has 2 atom stereocenters. The molecule has 0 amide bonds. The van der Waals surface area contributed by atoms with Crippen LogP contribution < -0.4 is 5.32 Å². The SMILES string of the molecule is C=CCC(C)NC1CCc2c(F)cccc21. The summed E-state index contributed by atoms with van der Waals surface area (Å²) in [5, 5.41) is 3.53. The molecule has 0 saturated heterocycles. The van der Waals surface area contributed by atoms with Gasteiger partial charge < -0.3 is 5.32 Å². The first-order valence-electron chi connectivity index (χ1n) is 5.86. The van der Waals surface area contributed by atoms with Gasteiger partial charge in [0.05, 0.1) is 0 Å². The molecule has 0 spiro atoms. The standard InChI is InChI=1S/C14H18FN/c1-3-5-10(2)16-14-9-8-11-12(14)6-4-7-13(11)15/h3-4,6-7,10,14,16H,1,5,8-9H2,2H3. The summed E-state index contributed by atoms with van der Waals surface area (Å²) >= 11 is 0. The number of hydrogen-bond donors (Lipinski definition) is 1. The third kappa shape index (κ3) is 2.17. The van der Waals surface area contributed by atoms with E-state index in [0.717, 1.165) is 30.4 Å². The zero-order valence-corrected chi connectivity index (χ0v) is 9.67. The summed E-state index contributed by atoms with van der Waals surface area (Å²) in [7, 11) is 0. The molecule has 1 aromatic carbocycles. The van der Waals surface area contributed by atoms with Crippen molar-refractivity contribution in [3.63, 3.8) is 0 Å². The molecule has 1 aliphatic rings. The first-order valence-corrected chi connectivity index (χ1v) is 5.86. The summed E-state index contributed by atoms with van der Waals surface area (Å²) in [6, 6.07) is 6.09. The number of halogens is 1. The van der Waals surface area contributed by atoms with Crippen molar-refractivity contribution in [2.75, 3.05) is 0 Å². The van der Waals surface area contributed by atoms with Gasteiger partial charge in [0.25, 0.3) is 0 Å². The normalized spacial score (nSPS) is 20.5. The molecule has 1 aromatic rings. The van der Waals surface area contributed by atoms with Gasteiger partial charge in [0.2, 0.25) is 0 Å². The van der Waals surface area contributed by atoms with E-state index in [1.807, 2.05) is 12.1 Å². The quantitative estimate of drug-likeness (QED) is 0.766. The molecule has 0 fully saturated rings. The van der Waals surface area contributed by atoms with E-state index in [2.05, 4.69) is 18.8 Å². The summed E-state index contributed by atoms with van der Waals surface area (Å²) in [5.41, 5.74) is 2.03. The molecule has 1 N–H and O–H groups in total. The van der Waals surface area contributed by atoms with E-state index in [9.17, 15) is 4.39 Å². The van der Waals surface area contributed by atoms with Crippen LogP contribution in [0, 0.1) is 5.82 Å². The Kier molecular flexibility index (Phi) is 3.39. The summed E-state index contributed by atoms with van der Waals surface area (Å²) in [6.45, 7) is 5.87. The second-order valence-electron chi connectivity index (χ2n) is 4.49. The fourth-order valence-corrected chi connectivity index (χ4v) is 2.44. The van der Waals surface area contributed by atoms with E-state index in [1.54, 1.807) is 12.1 Å². The minimum atomic E-state index is -0.0572. The highest BCUT2D eigenvalue weighted by Crippen LogP contribution is 2.32. The number of fused-ring (bicyclic) bond motifs is 1. The van der Waals surface area contributed by atoms with Crippen molar-refractivity contribution in [2.24, 2.45) is 0 Å². The van der Waals surface area contributed by atoms with Crippen molar-refractivity contribution in [3.05, 3.63) is 47.8 Å². The highest BCUT2D eigenvalue weighted by atomic mass is 19.1. The van der Waals surface area contributed by atoms with E-state index in [4.69, 9.17) is 0 Å². The van der Waals surface area contributed by atoms with Gasteiger partial charge in [-0.25, -0.2) is 4.39 Å². The Bertz CT molecular complexity index is 386. The lowest BCUT2D eigenvalue weighted by atomic mass is 10.1. The first-order chi connectivity index (χ1) is 7.72. The van der Waals surface area contributed by atoms with Gasteiger partial charge in [-0.05, 0) is 43.4 Å². The molecular weight excluding hydrogens is 201 g/mol. The molecule has 86 valence electrons. The summed E-state index contributed by atoms with van der Waals surface area (Å²) < 4.78 is 13.5. The summed E-state index contributed by atoms with van der Waals surface area (Å²) in [5.74, 6) is -0.0572. The first kappa shape index (κ1) is 11.3. The molecule has 0 saturated carbocycles. The molecule has 2 heteroatoms. The van der Waals surface area contributed by atoms with Crippen LogP contribution in [0.25, 0.3) is 0 Å². The second kappa shape index (κ2) is 4.79. The topological polar surface area (TPSA) is 12.0 Å². The van der Waals surface area contributed by atoms with E-state index < -0.39 is 0 Å². The Morgan fingerprint density at radius 1 is 1.62 bits per heavy atom. The van der Waals surface area contributed by atoms with Crippen molar-refractivity contribution >= 4 is 0 Å². The van der Waals surface area contributed by atoms with Crippen LogP contribution in [-0.2, 0) is 6.42 Å². The molecular formula is C14H18FN. The molecule has 1 aliphatic carbocycles. The Labute approximate surface area is 96.4 Å². The van der Waals surface area contributed by atoms with Crippen LogP contribution in [0.4, 0.5) is 4.39 Å². The number of benzene rings is 1. The Morgan fingerprint density at radius 3 is 3.19 bits per heavy atom. The monoisotopic (exact) mass is 219 g/mol. The predicted molar refractivity (Wildman–Crippen MR) is 64.9 cm³/mol. The molecule has 0 heterocycles. The number of nitrogens with one attached hydrogen (secondary N) is 1. The molecule has 0 radical (unpaired) electrons. The van der Waals surface area contributed by atoms with Gasteiger partial charge in [0.1, 0.15) is 5.82 Å². The van der Waals surface area contributed by atoms with Gasteiger partial charge in [0, 0.05) is 12.1 Å². The lowest BCUT2D eigenvalue weighted by Gasteiger charge is -2.19. The minimum Gasteiger partial charge on any atom is -0.307 e. The van der Waals surface area contributed by atoms with Crippen molar-refractivity contribution in [2.45, 2.75) is 38.3 Å². The van der Waals surface area contributed by atoms with E-state index >= 15 is 0 Å². The van der Waals surface area contributed by atoms with E-state index in [1.165, 1.54) is 0 Å². The van der Waals surface area contributed by atoms with Crippen molar-refractivity contribution in [1.29, 1.82) is 0 Å². The minimum absolute atomic E-state index is 0.0572. The fraction of sp³-hybridized carbons (Fsp3) is 0.429. The van der Waals surface area contributed by atoms with Crippen LogP contribution in [0.2, 0.25) is 0 Å². The maximum Gasteiger partial charge on any atom is 0.126 e. The van der Waals surface area contributed by atoms with Crippen molar-refractivity contribution in [3.8, 4) is 0 Å².